The van der Waals surface area contributed by atoms with Gasteiger partial charge >= 0.3 is 5.97 Å². The second-order valence-electron chi connectivity index (χ2n) is 3.12. The predicted octanol–water partition coefficient (Wildman–Crippen LogP) is 2.94. The monoisotopic (exact) mass is 253 g/mol. The van der Waals surface area contributed by atoms with E-state index >= 15 is 0 Å². The molecule has 2 aromatic rings. The predicted molar refractivity (Wildman–Crippen MR) is 57.7 cm³/mol. The maximum absolute atomic E-state index is 10.8. The Bertz CT molecular complexity index is 516. The summed E-state index contributed by atoms with van der Waals surface area (Å²) in [4.78, 5) is 13.7. The highest BCUT2D eigenvalue weighted by Crippen LogP contribution is 2.24. The van der Waals surface area contributed by atoms with E-state index < -0.39 is 5.97 Å². The van der Waals surface area contributed by atoms with Crippen LogP contribution in [-0.4, -0.2) is 16.1 Å². The average molecular weight is 254 g/mol. The molecule has 0 spiro atoms. The molecule has 0 aliphatic heterocycles. The summed E-state index contributed by atoms with van der Waals surface area (Å²) in [5.74, 6) is -0.921. The third-order valence-corrected chi connectivity index (χ3v) is 2.73. The van der Waals surface area contributed by atoms with E-state index in [1.807, 2.05) is 18.2 Å². The molecule has 0 fully saturated rings. The van der Waals surface area contributed by atoms with E-state index in [1.54, 1.807) is 6.92 Å². The Morgan fingerprint density at radius 3 is 2.86 bits per heavy atom. The Kier molecular flexibility index (Phi) is 2.07. The van der Waals surface area contributed by atoms with Gasteiger partial charge in [-0.05, 0) is 30.7 Å². The number of carboxylic acid groups (broad SMARTS) is 1. The minimum absolute atomic E-state index is 0.262. The molecule has 14 heavy (non-hydrogen) atoms. The molecule has 1 aromatic carbocycles. The first kappa shape index (κ1) is 9.27. The fourth-order valence-corrected chi connectivity index (χ4v) is 1.87. The van der Waals surface area contributed by atoms with Crippen molar-refractivity contribution in [2.75, 3.05) is 0 Å². The molecule has 0 atom stereocenters. The lowest BCUT2D eigenvalue weighted by molar-refractivity contribution is 0.0691. The van der Waals surface area contributed by atoms with Gasteiger partial charge < -0.3 is 10.1 Å². The molecule has 0 amide bonds. The number of halogens is 1. The highest BCUT2D eigenvalue weighted by Gasteiger charge is 2.12. The summed E-state index contributed by atoms with van der Waals surface area (Å²) >= 11 is 3.35. The van der Waals surface area contributed by atoms with Gasteiger partial charge in [0.1, 0.15) is 5.69 Å². The maximum Gasteiger partial charge on any atom is 0.352 e. The molecule has 2 rings (SSSR count). The number of rotatable bonds is 1. The van der Waals surface area contributed by atoms with Gasteiger partial charge in [-0.3, -0.25) is 0 Å². The molecule has 0 saturated heterocycles. The van der Waals surface area contributed by atoms with Gasteiger partial charge in [-0.2, -0.15) is 0 Å². The van der Waals surface area contributed by atoms with Crippen LogP contribution in [0.15, 0.2) is 22.7 Å². The highest BCUT2D eigenvalue weighted by molar-refractivity contribution is 9.10. The second kappa shape index (κ2) is 3.13. The van der Waals surface area contributed by atoms with E-state index in [-0.39, 0.29) is 5.69 Å². The number of hydrogen-bond acceptors (Lipinski definition) is 1. The summed E-state index contributed by atoms with van der Waals surface area (Å²) in [6.45, 7) is 1.80. The van der Waals surface area contributed by atoms with Crippen molar-refractivity contribution in [1.82, 2.24) is 4.98 Å². The third kappa shape index (κ3) is 1.32. The molecule has 4 heteroatoms. The van der Waals surface area contributed by atoms with Gasteiger partial charge in [0.15, 0.2) is 0 Å². The van der Waals surface area contributed by atoms with Crippen molar-refractivity contribution in [3.63, 3.8) is 0 Å². The van der Waals surface area contributed by atoms with Gasteiger partial charge in [-0.1, -0.05) is 15.9 Å². The van der Waals surface area contributed by atoms with Crippen molar-refractivity contribution in [2.45, 2.75) is 6.92 Å². The third-order valence-electron chi connectivity index (χ3n) is 2.23. The van der Waals surface area contributed by atoms with Gasteiger partial charge in [-0.15, -0.1) is 0 Å². The first-order valence-corrected chi connectivity index (χ1v) is 4.90. The zero-order chi connectivity index (χ0) is 10.3. The molecule has 0 bridgehead atoms. The zero-order valence-electron chi connectivity index (χ0n) is 7.47. The van der Waals surface area contributed by atoms with E-state index in [2.05, 4.69) is 20.9 Å². The Morgan fingerprint density at radius 2 is 2.21 bits per heavy atom. The number of H-pyrrole nitrogens is 1. The van der Waals surface area contributed by atoms with Crippen molar-refractivity contribution < 1.29 is 9.90 Å². The van der Waals surface area contributed by atoms with Crippen LogP contribution >= 0.6 is 15.9 Å². The highest BCUT2D eigenvalue weighted by atomic mass is 79.9. The van der Waals surface area contributed by atoms with Crippen molar-refractivity contribution in [3.05, 3.63) is 33.9 Å². The number of aromatic carboxylic acids is 1. The van der Waals surface area contributed by atoms with Gasteiger partial charge in [0.2, 0.25) is 0 Å². The molecule has 1 aromatic heterocycles. The van der Waals surface area contributed by atoms with E-state index in [9.17, 15) is 4.79 Å². The number of carboxylic acids is 1. The van der Waals surface area contributed by atoms with Crippen molar-refractivity contribution >= 4 is 32.8 Å². The number of aromatic nitrogens is 1. The van der Waals surface area contributed by atoms with E-state index in [4.69, 9.17) is 5.11 Å². The molecule has 1 heterocycles. The standard InChI is InChI=1S/C10H8BrNO2/c1-5-7-4-6(11)2-3-8(7)12-9(5)10(13)14/h2-4,12H,1H3,(H,13,14). The minimum Gasteiger partial charge on any atom is -0.477 e. The molecular weight excluding hydrogens is 246 g/mol. The van der Waals surface area contributed by atoms with Gasteiger partial charge in [0.25, 0.3) is 0 Å². The van der Waals surface area contributed by atoms with Gasteiger partial charge in [0.05, 0.1) is 0 Å². The average Bonchev–Trinajstić information content (AvgIpc) is 2.44. The van der Waals surface area contributed by atoms with Crippen molar-refractivity contribution in [3.8, 4) is 0 Å². The second-order valence-corrected chi connectivity index (χ2v) is 4.04. The lowest BCUT2D eigenvalue weighted by atomic mass is 10.1. The smallest absolute Gasteiger partial charge is 0.352 e. The summed E-state index contributed by atoms with van der Waals surface area (Å²) in [6, 6.07) is 5.65. The number of aryl methyl sites for hydroxylation is 1. The molecule has 0 radical (unpaired) electrons. The summed E-state index contributed by atoms with van der Waals surface area (Å²) in [7, 11) is 0. The zero-order valence-corrected chi connectivity index (χ0v) is 9.05. The lowest BCUT2D eigenvalue weighted by Gasteiger charge is -1.92. The van der Waals surface area contributed by atoms with E-state index in [0.29, 0.717) is 0 Å². The van der Waals surface area contributed by atoms with Crippen LogP contribution < -0.4 is 0 Å². The fourth-order valence-electron chi connectivity index (χ4n) is 1.51. The van der Waals surface area contributed by atoms with E-state index in [1.165, 1.54) is 0 Å². The molecule has 0 aliphatic carbocycles. The lowest BCUT2D eigenvalue weighted by Crippen LogP contribution is -1.97. The minimum atomic E-state index is -0.921. The fraction of sp³-hybridized carbons (Fsp3) is 0.100. The summed E-state index contributed by atoms with van der Waals surface area (Å²) in [6.07, 6.45) is 0. The number of carbonyl (C=O) groups is 1. The molecule has 3 nitrogen and oxygen atoms in total. The topological polar surface area (TPSA) is 53.1 Å². The maximum atomic E-state index is 10.8. The Morgan fingerprint density at radius 1 is 1.50 bits per heavy atom. The SMILES string of the molecule is Cc1c(C(=O)O)[nH]c2ccc(Br)cc12. The van der Waals surface area contributed by atoms with E-state index in [0.717, 1.165) is 20.9 Å². The van der Waals surface area contributed by atoms with Crippen LogP contribution in [-0.2, 0) is 0 Å². The number of aromatic amines is 1. The molecule has 0 saturated carbocycles. The van der Waals surface area contributed by atoms with Crippen LogP contribution in [0.3, 0.4) is 0 Å². The Balaban J connectivity index is 2.80. The first-order chi connectivity index (χ1) is 6.59. The van der Waals surface area contributed by atoms with Crippen LogP contribution in [0.25, 0.3) is 10.9 Å². The Labute approximate surface area is 88.9 Å². The van der Waals surface area contributed by atoms with Crippen LogP contribution in [0.1, 0.15) is 16.1 Å². The van der Waals surface area contributed by atoms with Crippen LogP contribution in [0.4, 0.5) is 0 Å². The molecule has 72 valence electrons. The van der Waals surface area contributed by atoms with Crippen LogP contribution in [0.5, 0.6) is 0 Å². The van der Waals surface area contributed by atoms with Crippen LogP contribution in [0, 0.1) is 6.92 Å². The molecule has 0 unspecified atom stereocenters. The normalized spacial score (nSPS) is 10.7. The largest absolute Gasteiger partial charge is 0.477 e. The van der Waals surface area contributed by atoms with Gasteiger partial charge in [0, 0.05) is 15.4 Å². The molecule has 2 N–H and O–H groups in total. The van der Waals surface area contributed by atoms with Crippen molar-refractivity contribution in [2.24, 2.45) is 0 Å². The summed E-state index contributed by atoms with van der Waals surface area (Å²) < 4.78 is 0.948. The van der Waals surface area contributed by atoms with Crippen molar-refractivity contribution in [1.29, 1.82) is 0 Å². The number of benzene rings is 1. The number of fused-ring (bicyclic) bond motifs is 1. The molecular formula is C10H8BrNO2. The summed E-state index contributed by atoms with van der Waals surface area (Å²) in [5, 5.41) is 9.83. The molecule has 0 aliphatic rings. The van der Waals surface area contributed by atoms with Crippen LogP contribution in [0.2, 0.25) is 0 Å². The number of hydrogen-bond donors (Lipinski definition) is 2. The Hall–Kier alpha value is -1.29. The quantitative estimate of drug-likeness (QED) is 0.821. The first-order valence-electron chi connectivity index (χ1n) is 4.10. The summed E-state index contributed by atoms with van der Waals surface area (Å²) in [5.41, 5.74) is 1.88. The number of nitrogens with one attached hydrogen (secondary N) is 1. The van der Waals surface area contributed by atoms with Gasteiger partial charge in [-0.25, -0.2) is 4.79 Å².